The van der Waals surface area contributed by atoms with Crippen LogP contribution in [0.3, 0.4) is 0 Å². The lowest BCUT2D eigenvalue weighted by molar-refractivity contribution is 0.399. The first kappa shape index (κ1) is 12.7. The number of hydrogen-bond acceptors (Lipinski definition) is 5. The first-order valence-corrected chi connectivity index (χ1v) is 7.52. The quantitative estimate of drug-likeness (QED) is 0.846. The molecule has 1 aromatic carbocycles. The summed E-state index contributed by atoms with van der Waals surface area (Å²) in [5, 5.41) is 4.58. The SMILES string of the molecule is Cc1nc2cc(NCC3CCN(C)C3)c(N)cc2s1. The van der Waals surface area contributed by atoms with Gasteiger partial charge in [-0.15, -0.1) is 11.3 Å². The molecule has 3 N–H and O–H groups in total. The summed E-state index contributed by atoms with van der Waals surface area (Å²) in [4.78, 5) is 6.90. The number of fused-ring (bicyclic) bond motifs is 1. The lowest BCUT2D eigenvalue weighted by atomic mass is 10.1. The first-order chi connectivity index (χ1) is 9.11. The molecule has 5 heteroatoms. The number of nitrogens with two attached hydrogens (primary N) is 1. The van der Waals surface area contributed by atoms with Crippen molar-refractivity contribution in [2.45, 2.75) is 13.3 Å². The molecule has 0 bridgehead atoms. The molecule has 1 unspecified atom stereocenters. The van der Waals surface area contributed by atoms with Crippen LogP contribution in [0.4, 0.5) is 11.4 Å². The van der Waals surface area contributed by atoms with Gasteiger partial charge in [-0.05, 0) is 45.0 Å². The van der Waals surface area contributed by atoms with E-state index in [2.05, 4.69) is 28.3 Å². The van der Waals surface area contributed by atoms with Gasteiger partial charge in [0.1, 0.15) is 0 Å². The third-order valence-corrected chi connectivity index (χ3v) is 4.67. The molecule has 0 amide bonds. The van der Waals surface area contributed by atoms with Crippen LogP contribution in [-0.4, -0.2) is 36.6 Å². The average Bonchev–Trinajstić information content (AvgIpc) is 2.91. The van der Waals surface area contributed by atoms with Crippen molar-refractivity contribution in [1.29, 1.82) is 0 Å². The van der Waals surface area contributed by atoms with Crippen LogP contribution in [0.5, 0.6) is 0 Å². The minimum Gasteiger partial charge on any atom is -0.397 e. The molecule has 1 aliphatic rings. The number of likely N-dealkylation sites (tertiary alicyclic amines) is 1. The van der Waals surface area contributed by atoms with Crippen LogP contribution in [0, 0.1) is 12.8 Å². The second-order valence-corrected chi connectivity index (χ2v) is 6.67. The molecular weight excluding hydrogens is 256 g/mol. The lowest BCUT2D eigenvalue weighted by Crippen LogP contribution is -2.19. The molecule has 19 heavy (non-hydrogen) atoms. The maximum Gasteiger partial charge on any atom is 0.0907 e. The molecule has 1 fully saturated rings. The average molecular weight is 276 g/mol. The van der Waals surface area contributed by atoms with Crippen LogP contribution in [0.2, 0.25) is 0 Å². The van der Waals surface area contributed by atoms with Crippen LogP contribution >= 0.6 is 11.3 Å². The van der Waals surface area contributed by atoms with Crippen LogP contribution in [0.15, 0.2) is 12.1 Å². The van der Waals surface area contributed by atoms with Gasteiger partial charge in [-0.25, -0.2) is 4.98 Å². The summed E-state index contributed by atoms with van der Waals surface area (Å²) < 4.78 is 1.17. The molecule has 0 saturated carbocycles. The van der Waals surface area contributed by atoms with E-state index in [9.17, 15) is 0 Å². The van der Waals surface area contributed by atoms with Crippen LogP contribution in [-0.2, 0) is 0 Å². The molecule has 4 nitrogen and oxygen atoms in total. The van der Waals surface area contributed by atoms with Gasteiger partial charge in [0, 0.05) is 13.1 Å². The van der Waals surface area contributed by atoms with E-state index in [4.69, 9.17) is 5.73 Å². The minimum absolute atomic E-state index is 0.720. The zero-order valence-electron chi connectivity index (χ0n) is 11.4. The fourth-order valence-corrected chi connectivity index (χ4v) is 3.56. The Morgan fingerprint density at radius 1 is 1.53 bits per heavy atom. The van der Waals surface area contributed by atoms with Crippen LogP contribution < -0.4 is 11.1 Å². The van der Waals surface area contributed by atoms with Gasteiger partial charge in [-0.3, -0.25) is 0 Å². The summed E-state index contributed by atoms with van der Waals surface area (Å²) in [5.74, 6) is 0.720. The van der Waals surface area contributed by atoms with Crippen molar-refractivity contribution in [3.63, 3.8) is 0 Å². The predicted molar refractivity (Wildman–Crippen MR) is 82.9 cm³/mol. The highest BCUT2D eigenvalue weighted by molar-refractivity contribution is 7.18. The smallest absolute Gasteiger partial charge is 0.0907 e. The number of aryl methyl sites for hydroxylation is 1. The molecule has 2 heterocycles. The van der Waals surface area contributed by atoms with E-state index < -0.39 is 0 Å². The number of rotatable bonds is 3. The number of nitrogens with one attached hydrogen (secondary N) is 1. The summed E-state index contributed by atoms with van der Waals surface area (Å²) in [6.07, 6.45) is 1.27. The second-order valence-electron chi connectivity index (χ2n) is 5.44. The summed E-state index contributed by atoms with van der Waals surface area (Å²) in [6, 6.07) is 4.11. The molecular formula is C14H20N4S. The second kappa shape index (κ2) is 4.98. The van der Waals surface area contributed by atoms with Gasteiger partial charge in [0.25, 0.3) is 0 Å². The normalized spacial score (nSPS) is 20.2. The van der Waals surface area contributed by atoms with E-state index in [1.165, 1.54) is 24.2 Å². The predicted octanol–water partition coefficient (Wildman–Crippen LogP) is 2.55. The first-order valence-electron chi connectivity index (χ1n) is 6.71. The molecule has 2 aromatic rings. The number of nitrogen functional groups attached to an aromatic ring is 1. The molecule has 3 rings (SSSR count). The third kappa shape index (κ3) is 2.67. The van der Waals surface area contributed by atoms with Crippen LogP contribution in [0.25, 0.3) is 10.2 Å². The van der Waals surface area contributed by atoms with Crippen LogP contribution in [0.1, 0.15) is 11.4 Å². The van der Waals surface area contributed by atoms with Gasteiger partial charge < -0.3 is 16.0 Å². The van der Waals surface area contributed by atoms with Gasteiger partial charge in [0.15, 0.2) is 0 Å². The Labute approximate surface area is 117 Å². The van der Waals surface area contributed by atoms with E-state index in [0.717, 1.165) is 34.4 Å². The van der Waals surface area contributed by atoms with Crippen molar-refractivity contribution >= 4 is 32.9 Å². The minimum atomic E-state index is 0.720. The molecule has 1 atom stereocenters. The Morgan fingerprint density at radius 2 is 2.37 bits per heavy atom. The van der Waals surface area contributed by atoms with Gasteiger partial charge in [0.2, 0.25) is 0 Å². The van der Waals surface area contributed by atoms with E-state index in [-0.39, 0.29) is 0 Å². The number of thiazole rings is 1. The standard InChI is InChI=1S/C14H20N4S/c1-9-17-13-6-12(11(15)5-14(13)19-9)16-7-10-3-4-18(2)8-10/h5-6,10,16H,3-4,7-8,15H2,1-2H3. The summed E-state index contributed by atoms with van der Waals surface area (Å²) >= 11 is 1.69. The van der Waals surface area contributed by atoms with Gasteiger partial charge in [-0.1, -0.05) is 0 Å². The van der Waals surface area contributed by atoms with E-state index in [1.807, 2.05) is 13.0 Å². The summed E-state index contributed by atoms with van der Waals surface area (Å²) in [7, 11) is 2.18. The van der Waals surface area contributed by atoms with Crippen molar-refractivity contribution in [3.05, 3.63) is 17.1 Å². The highest BCUT2D eigenvalue weighted by Gasteiger charge is 2.19. The van der Waals surface area contributed by atoms with Gasteiger partial charge in [0.05, 0.1) is 26.6 Å². The number of nitrogens with zero attached hydrogens (tertiary/aromatic N) is 2. The molecule has 1 aromatic heterocycles. The van der Waals surface area contributed by atoms with Gasteiger partial charge >= 0.3 is 0 Å². The Morgan fingerprint density at radius 3 is 3.11 bits per heavy atom. The number of hydrogen-bond donors (Lipinski definition) is 2. The fourth-order valence-electron chi connectivity index (χ4n) is 2.71. The molecule has 1 saturated heterocycles. The third-order valence-electron chi connectivity index (χ3n) is 3.74. The fraction of sp³-hybridized carbons (Fsp3) is 0.500. The maximum atomic E-state index is 6.11. The molecule has 0 aliphatic carbocycles. The summed E-state index contributed by atoms with van der Waals surface area (Å²) in [5.41, 5.74) is 9.00. The van der Waals surface area contributed by atoms with Crippen molar-refractivity contribution in [2.24, 2.45) is 5.92 Å². The number of benzene rings is 1. The molecule has 0 radical (unpaired) electrons. The van der Waals surface area contributed by atoms with E-state index in [1.54, 1.807) is 11.3 Å². The zero-order chi connectivity index (χ0) is 13.4. The van der Waals surface area contributed by atoms with Crippen molar-refractivity contribution in [1.82, 2.24) is 9.88 Å². The van der Waals surface area contributed by atoms with Gasteiger partial charge in [-0.2, -0.15) is 0 Å². The monoisotopic (exact) mass is 276 g/mol. The molecule has 1 aliphatic heterocycles. The highest BCUT2D eigenvalue weighted by Crippen LogP contribution is 2.30. The number of anilines is 2. The highest BCUT2D eigenvalue weighted by atomic mass is 32.1. The van der Waals surface area contributed by atoms with Crippen molar-refractivity contribution in [3.8, 4) is 0 Å². The van der Waals surface area contributed by atoms with E-state index >= 15 is 0 Å². The Hall–Kier alpha value is -1.33. The Bertz CT molecular complexity index is 592. The van der Waals surface area contributed by atoms with Crippen molar-refractivity contribution in [2.75, 3.05) is 37.7 Å². The van der Waals surface area contributed by atoms with E-state index in [0.29, 0.717) is 0 Å². The topological polar surface area (TPSA) is 54.2 Å². The molecule has 102 valence electrons. The zero-order valence-corrected chi connectivity index (χ0v) is 12.3. The summed E-state index contributed by atoms with van der Waals surface area (Å²) in [6.45, 7) is 5.39. The Kier molecular flexibility index (Phi) is 3.33. The van der Waals surface area contributed by atoms with Crippen molar-refractivity contribution < 1.29 is 0 Å². The lowest BCUT2D eigenvalue weighted by Gasteiger charge is -2.14. The Balaban J connectivity index is 1.74. The largest absolute Gasteiger partial charge is 0.397 e. The maximum absolute atomic E-state index is 6.11. The molecule has 0 spiro atoms. The number of aromatic nitrogens is 1.